The molecule has 0 aliphatic heterocycles. The Morgan fingerprint density at radius 3 is 2.95 bits per heavy atom. The monoisotopic (exact) mass is 366 g/mol. The standard InChI is InChI=1S/C15H15BrN2O2S/c1-10-3-4-11(2)14(5-10)20-8-15(19)18-17-7-13-6-12(16)9-21-13/h3-7,9H,8H2,1-2H3,(H,18,19)/b17-7+. The summed E-state index contributed by atoms with van der Waals surface area (Å²) in [6, 6.07) is 7.81. The molecule has 2 rings (SSSR count). The zero-order valence-electron chi connectivity index (χ0n) is 11.7. The summed E-state index contributed by atoms with van der Waals surface area (Å²) in [5.74, 6) is 0.430. The van der Waals surface area contributed by atoms with Crippen LogP contribution in [0.2, 0.25) is 0 Å². The van der Waals surface area contributed by atoms with Crippen LogP contribution in [0.15, 0.2) is 39.2 Å². The fourth-order valence-electron chi connectivity index (χ4n) is 1.60. The highest BCUT2D eigenvalue weighted by Crippen LogP contribution is 2.19. The molecule has 1 aromatic carbocycles. The lowest BCUT2D eigenvalue weighted by molar-refractivity contribution is -0.123. The molecule has 0 aliphatic rings. The number of nitrogens with one attached hydrogen (secondary N) is 1. The van der Waals surface area contributed by atoms with Gasteiger partial charge in [0.25, 0.3) is 5.91 Å². The number of carbonyl (C=O) groups excluding carboxylic acids is 1. The van der Waals surface area contributed by atoms with Gasteiger partial charge in [0.2, 0.25) is 0 Å². The highest BCUT2D eigenvalue weighted by Gasteiger charge is 2.04. The second-order valence-corrected chi connectivity index (χ2v) is 6.38. The van der Waals surface area contributed by atoms with Crippen molar-refractivity contribution in [2.75, 3.05) is 6.61 Å². The lowest BCUT2D eigenvalue weighted by Gasteiger charge is -2.08. The number of nitrogens with zero attached hydrogens (tertiary/aromatic N) is 1. The number of rotatable bonds is 5. The third-order valence-electron chi connectivity index (χ3n) is 2.67. The smallest absolute Gasteiger partial charge is 0.277 e. The number of hydrogen-bond donors (Lipinski definition) is 1. The summed E-state index contributed by atoms with van der Waals surface area (Å²) < 4.78 is 6.49. The summed E-state index contributed by atoms with van der Waals surface area (Å²) in [5, 5.41) is 5.84. The van der Waals surface area contributed by atoms with Gasteiger partial charge < -0.3 is 4.74 Å². The van der Waals surface area contributed by atoms with Crippen LogP contribution in [-0.2, 0) is 4.79 Å². The zero-order valence-corrected chi connectivity index (χ0v) is 14.1. The van der Waals surface area contributed by atoms with Crippen LogP contribution >= 0.6 is 27.3 Å². The molecule has 6 heteroatoms. The van der Waals surface area contributed by atoms with Crippen LogP contribution in [0.4, 0.5) is 0 Å². The third kappa shape index (κ3) is 4.99. The Morgan fingerprint density at radius 2 is 2.24 bits per heavy atom. The summed E-state index contributed by atoms with van der Waals surface area (Å²) in [7, 11) is 0. The van der Waals surface area contributed by atoms with Gasteiger partial charge in [0.1, 0.15) is 5.75 Å². The Hall–Kier alpha value is -1.66. The summed E-state index contributed by atoms with van der Waals surface area (Å²) in [4.78, 5) is 12.6. The molecule has 0 bridgehead atoms. The van der Waals surface area contributed by atoms with Gasteiger partial charge in [0.15, 0.2) is 6.61 Å². The molecule has 1 aromatic heterocycles. The third-order valence-corrected chi connectivity index (χ3v) is 4.30. The van der Waals surface area contributed by atoms with Crippen molar-refractivity contribution < 1.29 is 9.53 Å². The van der Waals surface area contributed by atoms with Crippen LogP contribution in [0.1, 0.15) is 16.0 Å². The Labute approximate surface area is 136 Å². The van der Waals surface area contributed by atoms with E-state index in [1.54, 1.807) is 6.21 Å². The average Bonchev–Trinajstić information content (AvgIpc) is 2.85. The van der Waals surface area contributed by atoms with Gasteiger partial charge in [-0.3, -0.25) is 4.79 Å². The Balaban J connectivity index is 1.82. The second-order valence-electron chi connectivity index (χ2n) is 4.52. The molecule has 0 aliphatic carbocycles. The van der Waals surface area contributed by atoms with E-state index < -0.39 is 0 Å². The van der Waals surface area contributed by atoms with Gasteiger partial charge in [-0.05, 0) is 53.0 Å². The molecule has 21 heavy (non-hydrogen) atoms. The normalized spacial score (nSPS) is 10.8. The maximum atomic E-state index is 11.7. The van der Waals surface area contributed by atoms with Gasteiger partial charge in [0, 0.05) is 14.7 Å². The number of halogens is 1. The summed E-state index contributed by atoms with van der Waals surface area (Å²) in [6.07, 6.45) is 1.60. The first-order chi connectivity index (χ1) is 10.0. The van der Waals surface area contributed by atoms with E-state index in [0.717, 1.165) is 26.2 Å². The SMILES string of the molecule is Cc1ccc(C)c(OCC(=O)N/N=C/c2cc(Br)cs2)c1. The molecule has 0 saturated heterocycles. The van der Waals surface area contributed by atoms with Gasteiger partial charge in [-0.25, -0.2) is 5.43 Å². The van der Waals surface area contributed by atoms with E-state index in [1.807, 2.05) is 43.5 Å². The maximum Gasteiger partial charge on any atom is 0.277 e. The minimum atomic E-state index is -0.289. The quantitative estimate of drug-likeness (QED) is 0.648. The van der Waals surface area contributed by atoms with E-state index in [-0.39, 0.29) is 12.5 Å². The van der Waals surface area contributed by atoms with Crippen molar-refractivity contribution in [1.29, 1.82) is 0 Å². The molecule has 0 saturated carbocycles. The molecule has 110 valence electrons. The van der Waals surface area contributed by atoms with Crippen LogP contribution in [-0.4, -0.2) is 18.7 Å². The molecule has 0 spiro atoms. The minimum Gasteiger partial charge on any atom is -0.483 e. The van der Waals surface area contributed by atoms with Crippen molar-refractivity contribution in [3.63, 3.8) is 0 Å². The van der Waals surface area contributed by atoms with E-state index in [9.17, 15) is 4.79 Å². The first-order valence-electron chi connectivity index (χ1n) is 6.30. The van der Waals surface area contributed by atoms with E-state index >= 15 is 0 Å². The molecule has 0 radical (unpaired) electrons. The number of hydrogen-bond acceptors (Lipinski definition) is 4. The molecule has 1 amide bonds. The highest BCUT2D eigenvalue weighted by molar-refractivity contribution is 9.10. The van der Waals surface area contributed by atoms with Crippen LogP contribution in [0, 0.1) is 13.8 Å². The van der Waals surface area contributed by atoms with Crippen LogP contribution in [0.5, 0.6) is 5.75 Å². The van der Waals surface area contributed by atoms with Gasteiger partial charge in [-0.1, -0.05) is 12.1 Å². The maximum absolute atomic E-state index is 11.7. The molecule has 4 nitrogen and oxygen atoms in total. The highest BCUT2D eigenvalue weighted by atomic mass is 79.9. The molecular formula is C15H15BrN2O2S. The molecule has 2 aromatic rings. The number of thiophene rings is 1. The summed E-state index contributed by atoms with van der Waals surface area (Å²) >= 11 is 4.89. The minimum absolute atomic E-state index is 0.0598. The fourth-order valence-corrected chi connectivity index (χ4v) is 2.91. The number of carbonyl (C=O) groups is 1. The van der Waals surface area contributed by atoms with Gasteiger partial charge in [-0.2, -0.15) is 5.10 Å². The number of aryl methyl sites for hydroxylation is 2. The second kappa shape index (κ2) is 7.38. The molecule has 0 atom stereocenters. The molecular weight excluding hydrogens is 352 g/mol. The number of hydrazone groups is 1. The van der Waals surface area contributed by atoms with E-state index in [4.69, 9.17) is 4.74 Å². The topological polar surface area (TPSA) is 50.7 Å². The van der Waals surface area contributed by atoms with Crippen LogP contribution in [0.3, 0.4) is 0 Å². The van der Waals surface area contributed by atoms with Crippen molar-refractivity contribution in [2.45, 2.75) is 13.8 Å². The van der Waals surface area contributed by atoms with Gasteiger partial charge >= 0.3 is 0 Å². The summed E-state index contributed by atoms with van der Waals surface area (Å²) in [5.41, 5.74) is 4.54. The molecule has 0 unspecified atom stereocenters. The van der Waals surface area contributed by atoms with Crippen LogP contribution in [0.25, 0.3) is 0 Å². The van der Waals surface area contributed by atoms with Gasteiger partial charge in [0.05, 0.1) is 6.21 Å². The lowest BCUT2D eigenvalue weighted by Crippen LogP contribution is -2.24. The Bertz CT molecular complexity index is 667. The number of amides is 1. The largest absolute Gasteiger partial charge is 0.483 e. The molecule has 1 N–H and O–H groups in total. The summed E-state index contributed by atoms with van der Waals surface area (Å²) in [6.45, 7) is 3.87. The average molecular weight is 367 g/mol. The number of ether oxygens (including phenoxy) is 1. The van der Waals surface area contributed by atoms with Crippen molar-refractivity contribution >= 4 is 39.4 Å². The zero-order chi connectivity index (χ0) is 15.2. The van der Waals surface area contributed by atoms with Gasteiger partial charge in [-0.15, -0.1) is 11.3 Å². The van der Waals surface area contributed by atoms with Crippen molar-refractivity contribution in [3.05, 3.63) is 50.1 Å². The van der Waals surface area contributed by atoms with Crippen molar-refractivity contribution in [1.82, 2.24) is 5.43 Å². The van der Waals surface area contributed by atoms with E-state index in [0.29, 0.717) is 0 Å². The predicted octanol–water partition coefficient (Wildman–Crippen LogP) is 3.66. The van der Waals surface area contributed by atoms with Crippen molar-refractivity contribution in [2.24, 2.45) is 5.10 Å². The molecule has 0 fully saturated rings. The number of benzene rings is 1. The Morgan fingerprint density at radius 1 is 1.43 bits per heavy atom. The van der Waals surface area contributed by atoms with E-state index in [1.165, 1.54) is 11.3 Å². The lowest BCUT2D eigenvalue weighted by atomic mass is 10.1. The van der Waals surface area contributed by atoms with E-state index in [2.05, 4.69) is 26.5 Å². The Kier molecular flexibility index (Phi) is 5.52. The molecule has 1 heterocycles. The van der Waals surface area contributed by atoms with Crippen LogP contribution < -0.4 is 10.2 Å². The fraction of sp³-hybridized carbons (Fsp3) is 0.200. The first-order valence-corrected chi connectivity index (χ1v) is 7.98. The first kappa shape index (κ1) is 15.7. The van der Waals surface area contributed by atoms with Crippen molar-refractivity contribution in [3.8, 4) is 5.75 Å². The predicted molar refractivity (Wildman–Crippen MR) is 89.2 cm³/mol.